The summed E-state index contributed by atoms with van der Waals surface area (Å²) in [5.41, 5.74) is 1.76. The van der Waals surface area contributed by atoms with Gasteiger partial charge in [0, 0.05) is 18.5 Å². The van der Waals surface area contributed by atoms with Gasteiger partial charge in [-0.3, -0.25) is 4.79 Å². The Morgan fingerprint density at radius 3 is 3.00 bits per heavy atom. The fourth-order valence-electron chi connectivity index (χ4n) is 1.14. The van der Waals surface area contributed by atoms with Crippen LogP contribution in [0.4, 0.5) is 0 Å². The second kappa shape index (κ2) is 5.08. The molecule has 0 fully saturated rings. The number of amides is 1. The van der Waals surface area contributed by atoms with Crippen molar-refractivity contribution in [2.24, 2.45) is 0 Å². The van der Waals surface area contributed by atoms with Gasteiger partial charge < -0.3 is 5.32 Å². The minimum Gasteiger partial charge on any atom is -0.351 e. The van der Waals surface area contributed by atoms with Crippen molar-refractivity contribution in [1.82, 2.24) is 5.32 Å². The highest BCUT2D eigenvalue weighted by molar-refractivity contribution is 5.94. The molecule has 0 unspecified atom stereocenters. The lowest BCUT2D eigenvalue weighted by atomic mass is 10.1. The van der Waals surface area contributed by atoms with E-state index in [1.54, 1.807) is 6.07 Å². The van der Waals surface area contributed by atoms with Crippen LogP contribution in [0.25, 0.3) is 0 Å². The zero-order valence-electron chi connectivity index (χ0n) is 8.21. The highest BCUT2D eigenvalue weighted by Gasteiger charge is 2.02. The Balaban J connectivity index is 2.57. The minimum absolute atomic E-state index is 0.0658. The molecule has 0 radical (unpaired) electrons. The first kappa shape index (κ1) is 10.3. The SMILES string of the molecule is C#CCCNC(=O)c1cccc(C)c1. The van der Waals surface area contributed by atoms with Crippen molar-refractivity contribution in [1.29, 1.82) is 0 Å². The zero-order valence-corrected chi connectivity index (χ0v) is 8.21. The minimum atomic E-state index is -0.0658. The fourth-order valence-corrected chi connectivity index (χ4v) is 1.14. The summed E-state index contributed by atoms with van der Waals surface area (Å²) < 4.78 is 0. The molecule has 0 saturated heterocycles. The topological polar surface area (TPSA) is 29.1 Å². The van der Waals surface area contributed by atoms with Gasteiger partial charge in [0.1, 0.15) is 0 Å². The van der Waals surface area contributed by atoms with Crippen LogP contribution in [-0.4, -0.2) is 12.5 Å². The van der Waals surface area contributed by atoms with Crippen LogP contribution < -0.4 is 5.32 Å². The fraction of sp³-hybridized carbons (Fsp3) is 0.250. The first-order valence-electron chi connectivity index (χ1n) is 4.52. The summed E-state index contributed by atoms with van der Waals surface area (Å²) >= 11 is 0. The van der Waals surface area contributed by atoms with Crippen LogP contribution in [0.1, 0.15) is 22.3 Å². The molecule has 2 nitrogen and oxygen atoms in total. The van der Waals surface area contributed by atoms with Crippen molar-refractivity contribution < 1.29 is 4.79 Å². The molecule has 0 saturated carbocycles. The Hall–Kier alpha value is -1.75. The van der Waals surface area contributed by atoms with Gasteiger partial charge in [0.15, 0.2) is 0 Å². The lowest BCUT2D eigenvalue weighted by Gasteiger charge is -2.03. The van der Waals surface area contributed by atoms with E-state index in [1.807, 2.05) is 25.1 Å². The first-order chi connectivity index (χ1) is 6.74. The van der Waals surface area contributed by atoms with Crippen LogP contribution in [0.2, 0.25) is 0 Å². The molecule has 0 aliphatic rings. The molecule has 0 aromatic heterocycles. The standard InChI is InChI=1S/C12H13NO/c1-3-4-8-13-12(14)11-7-5-6-10(2)9-11/h1,5-7,9H,4,8H2,2H3,(H,13,14). The van der Waals surface area contributed by atoms with E-state index < -0.39 is 0 Å². The summed E-state index contributed by atoms with van der Waals surface area (Å²) in [4.78, 5) is 11.5. The molecule has 14 heavy (non-hydrogen) atoms. The van der Waals surface area contributed by atoms with E-state index in [-0.39, 0.29) is 5.91 Å². The Kier molecular flexibility index (Phi) is 3.75. The number of hydrogen-bond donors (Lipinski definition) is 1. The van der Waals surface area contributed by atoms with Gasteiger partial charge in [-0.2, -0.15) is 0 Å². The lowest BCUT2D eigenvalue weighted by molar-refractivity contribution is 0.0954. The van der Waals surface area contributed by atoms with Crippen molar-refractivity contribution >= 4 is 5.91 Å². The maximum Gasteiger partial charge on any atom is 0.251 e. The molecule has 0 atom stereocenters. The Morgan fingerprint density at radius 1 is 1.57 bits per heavy atom. The van der Waals surface area contributed by atoms with Crippen LogP contribution in [0, 0.1) is 19.3 Å². The maximum absolute atomic E-state index is 11.5. The maximum atomic E-state index is 11.5. The predicted octanol–water partition coefficient (Wildman–Crippen LogP) is 1.75. The molecule has 1 aromatic carbocycles. The summed E-state index contributed by atoms with van der Waals surface area (Å²) in [7, 11) is 0. The lowest BCUT2D eigenvalue weighted by Crippen LogP contribution is -2.24. The number of nitrogens with one attached hydrogen (secondary N) is 1. The van der Waals surface area contributed by atoms with Gasteiger partial charge in [-0.1, -0.05) is 17.7 Å². The Bertz CT molecular complexity index is 363. The number of benzene rings is 1. The van der Waals surface area contributed by atoms with E-state index in [0.29, 0.717) is 18.5 Å². The van der Waals surface area contributed by atoms with E-state index in [2.05, 4.69) is 11.2 Å². The molecule has 1 N–H and O–H groups in total. The quantitative estimate of drug-likeness (QED) is 0.567. The molecule has 1 amide bonds. The third kappa shape index (κ3) is 2.95. The van der Waals surface area contributed by atoms with E-state index in [4.69, 9.17) is 6.42 Å². The molecular weight excluding hydrogens is 174 g/mol. The van der Waals surface area contributed by atoms with E-state index in [1.165, 1.54) is 0 Å². The summed E-state index contributed by atoms with van der Waals surface area (Å²) in [6, 6.07) is 7.47. The second-order valence-corrected chi connectivity index (χ2v) is 3.08. The average molecular weight is 187 g/mol. The molecule has 0 aliphatic carbocycles. The molecule has 1 rings (SSSR count). The summed E-state index contributed by atoms with van der Waals surface area (Å²) in [6.07, 6.45) is 5.64. The molecule has 2 heteroatoms. The first-order valence-corrected chi connectivity index (χ1v) is 4.52. The van der Waals surface area contributed by atoms with Gasteiger partial charge >= 0.3 is 0 Å². The van der Waals surface area contributed by atoms with Crippen LogP contribution in [0.3, 0.4) is 0 Å². The average Bonchev–Trinajstić information content (AvgIpc) is 2.18. The molecular formula is C12H13NO. The van der Waals surface area contributed by atoms with Gasteiger partial charge in [-0.05, 0) is 19.1 Å². The van der Waals surface area contributed by atoms with Gasteiger partial charge in [-0.25, -0.2) is 0 Å². The third-order valence-electron chi connectivity index (χ3n) is 1.84. The van der Waals surface area contributed by atoms with E-state index in [9.17, 15) is 4.79 Å². The number of carbonyl (C=O) groups is 1. The highest BCUT2D eigenvalue weighted by atomic mass is 16.1. The van der Waals surface area contributed by atoms with Crippen molar-refractivity contribution in [2.45, 2.75) is 13.3 Å². The number of hydrogen-bond acceptors (Lipinski definition) is 1. The molecule has 1 aromatic rings. The van der Waals surface area contributed by atoms with Crippen molar-refractivity contribution in [3.05, 3.63) is 35.4 Å². The normalized spacial score (nSPS) is 9.14. The van der Waals surface area contributed by atoms with Crippen LogP contribution in [0.15, 0.2) is 24.3 Å². The smallest absolute Gasteiger partial charge is 0.251 e. The monoisotopic (exact) mass is 187 g/mol. The van der Waals surface area contributed by atoms with E-state index >= 15 is 0 Å². The number of terminal acetylenes is 1. The van der Waals surface area contributed by atoms with Crippen LogP contribution in [-0.2, 0) is 0 Å². The number of aryl methyl sites for hydroxylation is 1. The van der Waals surface area contributed by atoms with Gasteiger partial charge in [0.2, 0.25) is 0 Å². The number of rotatable bonds is 3. The second-order valence-electron chi connectivity index (χ2n) is 3.08. The molecule has 0 aliphatic heterocycles. The molecule has 0 bridgehead atoms. The van der Waals surface area contributed by atoms with Gasteiger partial charge in [0.25, 0.3) is 5.91 Å². The largest absolute Gasteiger partial charge is 0.351 e. The Labute approximate surface area is 84.3 Å². The molecule has 0 spiro atoms. The third-order valence-corrected chi connectivity index (χ3v) is 1.84. The van der Waals surface area contributed by atoms with Gasteiger partial charge in [-0.15, -0.1) is 12.3 Å². The molecule has 72 valence electrons. The summed E-state index contributed by atoms with van der Waals surface area (Å²) in [6.45, 7) is 2.49. The predicted molar refractivity (Wildman–Crippen MR) is 57.0 cm³/mol. The van der Waals surface area contributed by atoms with Crippen molar-refractivity contribution in [3.8, 4) is 12.3 Å². The highest BCUT2D eigenvalue weighted by Crippen LogP contribution is 2.03. The van der Waals surface area contributed by atoms with Gasteiger partial charge in [0.05, 0.1) is 0 Å². The van der Waals surface area contributed by atoms with Crippen molar-refractivity contribution in [3.63, 3.8) is 0 Å². The Morgan fingerprint density at radius 2 is 2.36 bits per heavy atom. The number of carbonyl (C=O) groups excluding carboxylic acids is 1. The summed E-state index contributed by atoms with van der Waals surface area (Å²) in [5, 5.41) is 2.75. The van der Waals surface area contributed by atoms with Crippen molar-refractivity contribution in [2.75, 3.05) is 6.54 Å². The summed E-state index contributed by atoms with van der Waals surface area (Å²) in [5.74, 6) is 2.41. The molecule has 0 heterocycles. The van der Waals surface area contributed by atoms with E-state index in [0.717, 1.165) is 5.56 Å². The van der Waals surface area contributed by atoms with Crippen LogP contribution >= 0.6 is 0 Å². The van der Waals surface area contributed by atoms with Crippen LogP contribution in [0.5, 0.6) is 0 Å². The zero-order chi connectivity index (χ0) is 10.4.